The van der Waals surface area contributed by atoms with Crippen LogP contribution in [0.1, 0.15) is 55.0 Å². The number of carbonyl (C=O) groups is 2. The van der Waals surface area contributed by atoms with Gasteiger partial charge in [0.2, 0.25) is 0 Å². The molecule has 0 aliphatic carbocycles. The summed E-state index contributed by atoms with van der Waals surface area (Å²) >= 11 is 0. The summed E-state index contributed by atoms with van der Waals surface area (Å²) in [6.45, 7) is 6.75. The van der Waals surface area contributed by atoms with Crippen molar-refractivity contribution in [2.75, 3.05) is 20.3 Å². The smallest absolute Gasteiger partial charge is 0.295 e. The number of hydrogen-bond acceptors (Lipinski definition) is 5. The Morgan fingerprint density at radius 3 is 2.56 bits per heavy atom. The molecular formula is C26H29NO5. The summed E-state index contributed by atoms with van der Waals surface area (Å²) in [6.07, 6.45) is 0.806. The maximum Gasteiger partial charge on any atom is 0.295 e. The van der Waals surface area contributed by atoms with E-state index in [0.29, 0.717) is 18.1 Å². The number of nitrogens with zero attached hydrogens (tertiary/aromatic N) is 1. The van der Waals surface area contributed by atoms with E-state index in [4.69, 9.17) is 9.47 Å². The van der Waals surface area contributed by atoms with Crippen LogP contribution in [0, 0.1) is 0 Å². The normalized spacial score (nSPS) is 21.8. The lowest BCUT2D eigenvalue weighted by Crippen LogP contribution is -2.32. The summed E-state index contributed by atoms with van der Waals surface area (Å²) in [5, 5.41) is 11.2. The molecule has 32 heavy (non-hydrogen) atoms. The van der Waals surface area contributed by atoms with E-state index in [-0.39, 0.29) is 24.0 Å². The standard InChI is InChI=1S/C26H29NO5/c1-15(2)17-5-7-18(8-6-17)23-22(25(29)26(30)27(23)11-12-31-4)24(28)19-9-10-21-20(14-19)13-16(3)32-21/h5-10,14-16,23,28H,11-13H2,1-4H3/b24-22+/t16-,23-/m0/s1. The van der Waals surface area contributed by atoms with E-state index in [1.54, 1.807) is 19.2 Å². The monoisotopic (exact) mass is 435 g/mol. The summed E-state index contributed by atoms with van der Waals surface area (Å²) in [4.78, 5) is 27.5. The zero-order valence-corrected chi connectivity index (χ0v) is 18.9. The van der Waals surface area contributed by atoms with Gasteiger partial charge < -0.3 is 19.5 Å². The van der Waals surface area contributed by atoms with Gasteiger partial charge in [0, 0.05) is 25.6 Å². The van der Waals surface area contributed by atoms with Crippen molar-refractivity contribution in [2.45, 2.75) is 45.3 Å². The number of aliphatic hydroxyl groups excluding tert-OH is 1. The molecule has 2 aliphatic heterocycles. The first kappa shape index (κ1) is 22.1. The molecule has 2 aromatic rings. The Bertz CT molecular complexity index is 1070. The lowest BCUT2D eigenvalue weighted by Gasteiger charge is -2.25. The van der Waals surface area contributed by atoms with E-state index in [9.17, 15) is 14.7 Å². The minimum Gasteiger partial charge on any atom is -0.507 e. The van der Waals surface area contributed by atoms with Gasteiger partial charge in [-0.1, -0.05) is 38.1 Å². The fourth-order valence-electron chi connectivity index (χ4n) is 4.43. The summed E-state index contributed by atoms with van der Waals surface area (Å²) in [6, 6.07) is 12.6. The molecule has 6 nitrogen and oxygen atoms in total. The van der Waals surface area contributed by atoms with Crippen LogP contribution >= 0.6 is 0 Å². The number of aliphatic hydroxyl groups is 1. The van der Waals surface area contributed by atoms with Gasteiger partial charge in [0.05, 0.1) is 18.2 Å². The number of ketones is 1. The molecule has 2 heterocycles. The number of amides is 1. The van der Waals surface area contributed by atoms with Gasteiger partial charge in [-0.25, -0.2) is 0 Å². The van der Waals surface area contributed by atoms with Gasteiger partial charge in [-0.3, -0.25) is 9.59 Å². The van der Waals surface area contributed by atoms with Gasteiger partial charge in [0.1, 0.15) is 17.6 Å². The zero-order valence-electron chi connectivity index (χ0n) is 18.9. The highest BCUT2D eigenvalue weighted by molar-refractivity contribution is 6.46. The van der Waals surface area contributed by atoms with Gasteiger partial charge in [0.25, 0.3) is 11.7 Å². The number of methoxy groups -OCH3 is 1. The average molecular weight is 436 g/mol. The zero-order chi connectivity index (χ0) is 23.0. The van der Waals surface area contributed by atoms with Crippen molar-refractivity contribution in [1.82, 2.24) is 4.90 Å². The van der Waals surface area contributed by atoms with E-state index in [0.717, 1.165) is 28.9 Å². The van der Waals surface area contributed by atoms with Crippen LogP contribution in [0.15, 0.2) is 48.0 Å². The molecule has 1 saturated heterocycles. The largest absolute Gasteiger partial charge is 0.507 e. The van der Waals surface area contributed by atoms with Crippen LogP contribution in [0.25, 0.3) is 5.76 Å². The van der Waals surface area contributed by atoms with Gasteiger partial charge in [-0.2, -0.15) is 0 Å². The molecule has 0 bridgehead atoms. The molecule has 4 rings (SSSR count). The lowest BCUT2D eigenvalue weighted by molar-refractivity contribution is -0.140. The van der Waals surface area contributed by atoms with Crippen molar-refractivity contribution >= 4 is 17.4 Å². The van der Waals surface area contributed by atoms with Crippen molar-refractivity contribution < 1.29 is 24.2 Å². The van der Waals surface area contributed by atoms with Gasteiger partial charge in [-0.15, -0.1) is 0 Å². The number of rotatable bonds is 6. The van der Waals surface area contributed by atoms with Crippen molar-refractivity contribution in [3.63, 3.8) is 0 Å². The molecule has 2 aliphatic rings. The second-order valence-corrected chi connectivity index (χ2v) is 8.76. The Morgan fingerprint density at radius 1 is 1.19 bits per heavy atom. The van der Waals surface area contributed by atoms with Crippen molar-refractivity contribution in [3.8, 4) is 5.75 Å². The van der Waals surface area contributed by atoms with E-state index >= 15 is 0 Å². The van der Waals surface area contributed by atoms with Crippen LogP contribution in [0.5, 0.6) is 5.75 Å². The predicted octanol–water partition coefficient (Wildman–Crippen LogP) is 4.20. The number of Topliss-reactive ketones (excluding diaryl/α,β-unsaturated/α-hetero) is 1. The molecule has 1 amide bonds. The maximum atomic E-state index is 13.1. The third kappa shape index (κ3) is 3.91. The summed E-state index contributed by atoms with van der Waals surface area (Å²) in [5.41, 5.74) is 3.54. The Labute approximate surface area is 188 Å². The minimum absolute atomic E-state index is 0.0708. The topological polar surface area (TPSA) is 76.1 Å². The highest BCUT2D eigenvalue weighted by Crippen LogP contribution is 2.40. The maximum absolute atomic E-state index is 13.1. The molecule has 2 atom stereocenters. The number of hydrogen-bond donors (Lipinski definition) is 1. The van der Waals surface area contributed by atoms with Crippen LogP contribution in [0.4, 0.5) is 0 Å². The third-order valence-corrected chi connectivity index (χ3v) is 6.16. The van der Waals surface area contributed by atoms with E-state index in [1.165, 1.54) is 4.90 Å². The first-order valence-electron chi connectivity index (χ1n) is 11.0. The van der Waals surface area contributed by atoms with Crippen molar-refractivity contribution in [2.24, 2.45) is 0 Å². The molecule has 0 unspecified atom stereocenters. The minimum atomic E-state index is -0.679. The average Bonchev–Trinajstić information content (AvgIpc) is 3.27. The number of ether oxygens (including phenoxy) is 2. The van der Waals surface area contributed by atoms with Gasteiger partial charge in [-0.05, 0) is 47.7 Å². The van der Waals surface area contributed by atoms with E-state index < -0.39 is 17.7 Å². The number of likely N-dealkylation sites (tertiary alicyclic amines) is 1. The second-order valence-electron chi connectivity index (χ2n) is 8.76. The second kappa shape index (κ2) is 8.79. The third-order valence-electron chi connectivity index (χ3n) is 6.16. The Kier molecular flexibility index (Phi) is 6.07. The molecule has 1 fully saturated rings. The highest BCUT2D eigenvalue weighted by atomic mass is 16.5. The Morgan fingerprint density at radius 2 is 1.91 bits per heavy atom. The molecule has 0 radical (unpaired) electrons. The van der Waals surface area contributed by atoms with Crippen LogP contribution < -0.4 is 4.74 Å². The molecule has 6 heteroatoms. The highest BCUT2D eigenvalue weighted by Gasteiger charge is 2.46. The molecule has 168 valence electrons. The van der Waals surface area contributed by atoms with Gasteiger partial charge in [0.15, 0.2) is 0 Å². The first-order chi connectivity index (χ1) is 15.3. The van der Waals surface area contributed by atoms with Crippen LogP contribution in [-0.2, 0) is 20.7 Å². The van der Waals surface area contributed by atoms with Crippen molar-refractivity contribution in [1.29, 1.82) is 0 Å². The van der Waals surface area contributed by atoms with Crippen LogP contribution in [0.2, 0.25) is 0 Å². The lowest BCUT2D eigenvalue weighted by atomic mass is 9.92. The van der Waals surface area contributed by atoms with Crippen LogP contribution in [0.3, 0.4) is 0 Å². The fourth-order valence-corrected chi connectivity index (χ4v) is 4.43. The van der Waals surface area contributed by atoms with E-state index in [2.05, 4.69) is 13.8 Å². The first-order valence-corrected chi connectivity index (χ1v) is 11.0. The Hall–Kier alpha value is -3.12. The molecule has 2 aromatic carbocycles. The summed E-state index contributed by atoms with van der Waals surface area (Å²) < 4.78 is 10.9. The number of benzene rings is 2. The number of carbonyl (C=O) groups excluding carboxylic acids is 2. The molecule has 0 spiro atoms. The predicted molar refractivity (Wildman–Crippen MR) is 122 cm³/mol. The summed E-state index contributed by atoms with van der Waals surface area (Å²) in [7, 11) is 1.55. The molecular weight excluding hydrogens is 406 g/mol. The van der Waals surface area contributed by atoms with Crippen LogP contribution in [-0.4, -0.2) is 48.1 Å². The summed E-state index contributed by atoms with van der Waals surface area (Å²) in [5.74, 6) is -0.319. The molecule has 0 aromatic heterocycles. The fraction of sp³-hybridized carbons (Fsp3) is 0.385. The van der Waals surface area contributed by atoms with Crippen molar-refractivity contribution in [3.05, 3.63) is 70.3 Å². The number of fused-ring (bicyclic) bond motifs is 1. The van der Waals surface area contributed by atoms with Gasteiger partial charge >= 0.3 is 0 Å². The molecule has 0 saturated carbocycles. The SMILES string of the molecule is COCCN1C(=O)C(=O)/C(=C(/O)c2ccc3c(c2)C[C@H](C)O3)[C@@H]1c1ccc(C(C)C)cc1. The van der Waals surface area contributed by atoms with E-state index in [1.807, 2.05) is 37.3 Å². The quantitative estimate of drug-likeness (QED) is 0.418. The Balaban J connectivity index is 1.81. The molecule has 1 N–H and O–H groups in total.